The number of hydrogen-bond donors (Lipinski definition) is 1. The molecule has 8 nitrogen and oxygen atoms in total. The van der Waals surface area contributed by atoms with Crippen LogP contribution in [0, 0.1) is 17.8 Å². The van der Waals surface area contributed by atoms with E-state index < -0.39 is 6.29 Å². The number of allylic oxidation sites excluding steroid dienone is 1. The number of aliphatic hydroxyl groups excluding tert-OH is 1. The molecule has 0 spiro atoms. The van der Waals surface area contributed by atoms with E-state index in [1.807, 2.05) is 17.9 Å². The van der Waals surface area contributed by atoms with E-state index in [0.29, 0.717) is 50.8 Å². The number of likely N-dealkylation sites (tertiary alicyclic amines) is 2. The average molecular weight is 497 g/mol. The first-order valence-electron chi connectivity index (χ1n) is 13.8. The molecule has 3 rings (SSSR count). The van der Waals surface area contributed by atoms with Crippen LogP contribution in [-0.2, 0) is 23.7 Å². The molecule has 1 amide bonds. The fourth-order valence-corrected chi connectivity index (χ4v) is 5.67. The fourth-order valence-electron chi connectivity index (χ4n) is 5.67. The lowest BCUT2D eigenvalue weighted by molar-refractivity contribution is -0.180. The predicted molar refractivity (Wildman–Crippen MR) is 135 cm³/mol. The summed E-state index contributed by atoms with van der Waals surface area (Å²) in [5.74, 6) is 1.11. The second-order valence-electron chi connectivity index (χ2n) is 10.3. The third-order valence-corrected chi connectivity index (χ3v) is 7.60. The molecule has 0 radical (unpaired) electrons. The van der Waals surface area contributed by atoms with Crippen molar-refractivity contribution in [3.63, 3.8) is 0 Å². The van der Waals surface area contributed by atoms with E-state index in [1.54, 1.807) is 0 Å². The number of hydrogen-bond acceptors (Lipinski definition) is 7. The smallest absolute Gasteiger partial charge is 0.288 e. The van der Waals surface area contributed by atoms with E-state index >= 15 is 0 Å². The summed E-state index contributed by atoms with van der Waals surface area (Å²) >= 11 is 0. The van der Waals surface area contributed by atoms with Crippen LogP contribution in [0.15, 0.2) is 11.8 Å². The summed E-state index contributed by atoms with van der Waals surface area (Å²) in [6.07, 6.45) is 8.44. The number of piperidine rings is 2. The molecular weight excluding hydrogens is 448 g/mol. The Bertz CT molecular complexity index is 644. The van der Waals surface area contributed by atoms with E-state index in [0.717, 1.165) is 32.4 Å². The molecule has 3 aliphatic rings. The standard InChI is InChI=1S/C27H48N2O6/c1-4-34-27-23(10-16-32-18-19-33-17-15-30)24(21(2)3)20-25(35-27)26(31)29-13-8-22(9-14-29)28-11-6-5-7-12-28/h20-24,27,30H,4-19H2,1-3H3/t23-,24+,27+/m1/s1. The third kappa shape index (κ3) is 8.42. The van der Waals surface area contributed by atoms with E-state index in [2.05, 4.69) is 18.7 Å². The number of aliphatic hydroxyl groups is 1. The predicted octanol–water partition coefficient (Wildman–Crippen LogP) is 3.04. The minimum Gasteiger partial charge on any atom is -0.459 e. The summed E-state index contributed by atoms with van der Waals surface area (Å²) in [5, 5.41) is 8.78. The molecule has 0 aromatic carbocycles. The third-order valence-electron chi connectivity index (χ3n) is 7.60. The van der Waals surface area contributed by atoms with Gasteiger partial charge in [0.2, 0.25) is 6.29 Å². The summed E-state index contributed by atoms with van der Waals surface area (Å²) in [7, 11) is 0. The van der Waals surface area contributed by atoms with Gasteiger partial charge in [-0.1, -0.05) is 20.3 Å². The van der Waals surface area contributed by atoms with Crippen molar-refractivity contribution >= 4 is 5.91 Å². The van der Waals surface area contributed by atoms with Gasteiger partial charge in [-0.2, -0.15) is 0 Å². The maximum Gasteiger partial charge on any atom is 0.288 e. The van der Waals surface area contributed by atoms with Crippen LogP contribution in [0.4, 0.5) is 0 Å². The molecular formula is C27H48N2O6. The van der Waals surface area contributed by atoms with Crippen molar-refractivity contribution in [2.75, 3.05) is 65.8 Å². The van der Waals surface area contributed by atoms with Crippen molar-refractivity contribution in [1.29, 1.82) is 0 Å². The van der Waals surface area contributed by atoms with Gasteiger partial charge < -0.3 is 33.9 Å². The zero-order chi connectivity index (χ0) is 25.0. The molecule has 0 saturated carbocycles. The Labute approximate surface area is 211 Å². The molecule has 3 aliphatic heterocycles. The van der Waals surface area contributed by atoms with Gasteiger partial charge in [-0.15, -0.1) is 0 Å². The Hall–Kier alpha value is -1.19. The largest absolute Gasteiger partial charge is 0.459 e. The first kappa shape index (κ1) is 28.4. The molecule has 0 aliphatic carbocycles. The van der Waals surface area contributed by atoms with Gasteiger partial charge in [0.15, 0.2) is 5.76 Å². The van der Waals surface area contributed by atoms with Crippen LogP contribution in [0.25, 0.3) is 0 Å². The summed E-state index contributed by atoms with van der Waals surface area (Å²) < 4.78 is 23.2. The highest BCUT2D eigenvalue weighted by molar-refractivity contribution is 5.91. The quantitative estimate of drug-likeness (QED) is 0.393. The molecule has 202 valence electrons. The highest BCUT2D eigenvalue weighted by Crippen LogP contribution is 2.37. The Morgan fingerprint density at radius 3 is 2.37 bits per heavy atom. The monoisotopic (exact) mass is 496 g/mol. The zero-order valence-electron chi connectivity index (χ0n) is 22.2. The first-order valence-corrected chi connectivity index (χ1v) is 13.8. The number of rotatable bonds is 13. The van der Waals surface area contributed by atoms with E-state index in [-0.39, 0.29) is 24.3 Å². The molecule has 0 aromatic rings. The van der Waals surface area contributed by atoms with Crippen molar-refractivity contribution in [3.05, 3.63) is 11.8 Å². The van der Waals surface area contributed by atoms with Crippen LogP contribution in [0.2, 0.25) is 0 Å². The molecule has 2 saturated heterocycles. The average Bonchev–Trinajstić information content (AvgIpc) is 2.88. The fraction of sp³-hybridized carbons (Fsp3) is 0.889. The molecule has 8 heteroatoms. The van der Waals surface area contributed by atoms with Crippen molar-refractivity contribution < 1.29 is 28.8 Å². The lowest BCUT2D eigenvalue weighted by atomic mass is 9.79. The Balaban J connectivity index is 1.56. The second-order valence-corrected chi connectivity index (χ2v) is 10.3. The van der Waals surface area contributed by atoms with Crippen molar-refractivity contribution in [1.82, 2.24) is 9.80 Å². The molecule has 35 heavy (non-hydrogen) atoms. The summed E-state index contributed by atoms with van der Waals surface area (Å²) in [6, 6.07) is 0.610. The number of nitrogens with zero attached hydrogens (tertiary/aromatic N) is 2. The van der Waals surface area contributed by atoms with E-state index in [1.165, 1.54) is 32.4 Å². The van der Waals surface area contributed by atoms with Gasteiger partial charge in [0.25, 0.3) is 5.91 Å². The SMILES string of the molecule is CCO[C@H]1OC(C(=O)N2CCC(N3CCCCC3)CC2)=C[C@@H](C(C)C)[C@H]1CCOCCOCCO. The molecule has 2 fully saturated rings. The van der Waals surface area contributed by atoms with Crippen LogP contribution < -0.4 is 0 Å². The molecule has 1 N–H and O–H groups in total. The van der Waals surface area contributed by atoms with Gasteiger partial charge in [0.1, 0.15) is 0 Å². The number of carbonyl (C=O) groups is 1. The summed E-state index contributed by atoms with van der Waals surface area (Å²) in [6.45, 7) is 12.8. The summed E-state index contributed by atoms with van der Waals surface area (Å²) in [5.41, 5.74) is 0. The van der Waals surface area contributed by atoms with Gasteiger partial charge in [-0.3, -0.25) is 4.79 Å². The minimum absolute atomic E-state index is 0.00757. The highest BCUT2D eigenvalue weighted by atomic mass is 16.7. The maximum atomic E-state index is 13.5. The van der Waals surface area contributed by atoms with Crippen LogP contribution in [0.3, 0.4) is 0 Å². The van der Waals surface area contributed by atoms with Gasteiger partial charge in [0, 0.05) is 38.3 Å². The molecule has 0 unspecified atom stereocenters. The van der Waals surface area contributed by atoms with Crippen LogP contribution in [0.5, 0.6) is 0 Å². The van der Waals surface area contributed by atoms with E-state index in [9.17, 15) is 4.79 Å². The first-order chi connectivity index (χ1) is 17.0. The Kier molecular flexibility index (Phi) is 12.3. The van der Waals surface area contributed by atoms with Crippen molar-refractivity contribution in [2.24, 2.45) is 17.8 Å². The van der Waals surface area contributed by atoms with Crippen LogP contribution >= 0.6 is 0 Å². The summed E-state index contributed by atoms with van der Waals surface area (Å²) in [4.78, 5) is 18.1. The molecule has 0 aromatic heterocycles. The second kappa shape index (κ2) is 15.2. The van der Waals surface area contributed by atoms with E-state index in [4.69, 9.17) is 24.1 Å². The Morgan fingerprint density at radius 1 is 1.06 bits per heavy atom. The zero-order valence-corrected chi connectivity index (χ0v) is 22.2. The van der Waals surface area contributed by atoms with Crippen LogP contribution in [-0.4, -0.2) is 99.0 Å². The van der Waals surface area contributed by atoms with Crippen LogP contribution in [0.1, 0.15) is 59.3 Å². The number of amides is 1. The van der Waals surface area contributed by atoms with Gasteiger partial charge in [-0.25, -0.2) is 0 Å². The maximum absolute atomic E-state index is 13.5. The molecule has 3 heterocycles. The van der Waals surface area contributed by atoms with Crippen molar-refractivity contribution in [2.45, 2.75) is 71.6 Å². The van der Waals surface area contributed by atoms with Gasteiger partial charge >= 0.3 is 0 Å². The van der Waals surface area contributed by atoms with Crippen molar-refractivity contribution in [3.8, 4) is 0 Å². The van der Waals surface area contributed by atoms with Gasteiger partial charge in [0.05, 0.1) is 26.4 Å². The number of carbonyl (C=O) groups excluding carboxylic acids is 1. The topological polar surface area (TPSA) is 80.7 Å². The highest BCUT2D eigenvalue weighted by Gasteiger charge is 2.40. The molecule has 3 atom stereocenters. The normalized spacial score (nSPS) is 26.6. The molecule has 0 bridgehead atoms. The lowest BCUT2D eigenvalue weighted by Crippen LogP contribution is -2.49. The van der Waals surface area contributed by atoms with Gasteiger partial charge in [-0.05, 0) is 70.0 Å². The number of ether oxygens (including phenoxy) is 4. The Morgan fingerprint density at radius 2 is 1.74 bits per heavy atom. The minimum atomic E-state index is -0.448. The lowest BCUT2D eigenvalue weighted by Gasteiger charge is -2.42.